The number of nitrogens with zero attached hydrogens (tertiary/aromatic N) is 1. The molecule has 1 aliphatic rings. The lowest BCUT2D eigenvalue weighted by Crippen LogP contribution is -2.41. The average molecular weight is 334 g/mol. The number of benzene rings is 1. The summed E-state index contributed by atoms with van der Waals surface area (Å²) in [4.78, 5) is 12.6. The van der Waals surface area contributed by atoms with Crippen molar-refractivity contribution in [2.45, 2.75) is 31.9 Å². The summed E-state index contributed by atoms with van der Waals surface area (Å²) in [7, 11) is 1.79. The second-order valence-corrected chi connectivity index (χ2v) is 6.98. The second kappa shape index (κ2) is 5.49. The molecule has 2 heterocycles. The first-order valence-corrected chi connectivity index (χ1v) is 7.84. The van der Waals surface area contributed by atoms with Crippen LogP contribution in [0.4, 0.5) is 5.69 Å². The average Bonchev–Trinajstić information content (AvgIpc) is 2.78. The molecule has 0 spiro atoms. The van der Waals surface area contributed by atoms with E-state index in [1.54, 1.807) is 29.9 Å². The maximum absolute atomic E-state index is 12.6. The minimum absolute atomic E-state index is 0.168. The molecule has 0 aliphatic carbocycles. The van der Waals surface area contributed by atoms with Crippen molar-refractivity contribution >= 4 is 23.2 Å². The summed E-state index contributed by atoms with van der Waals surface area (Å²) in [5.41, 5.74) is 7.59. The number of aromatic nitrogens is 1. The van der Waals surface area contributed by atoms with Gasteiger partial charge in [0.15, 0.2) is 0 Å². The third-order valence-corrected chi connectivity index (χ3v) is 4.21. The van der Waals surface area contributed by atoms with E-state index in [1.165, 1.54) is 0 Å². The first kappa shape index (κ1) is 15.7. The highest BCUT2D eigenvalue weighted by atomic mass is 35.5. The fraction of sp³-hybridized carbons (Fsp3) is 0.353. The van der Waals surface area contributed by atoms with E-state index < -0.39 is 0 Å². The van der Waals surface area contributed by atoms with Gasteiger partial charge in [0.25, 0.3) is 5.91 Å². The van der Waals surface area contributed by atoms with Gasteiger partial charge in [-0.15, -0.1) is 0 Å². The highest BCUT2D eigenvalue weighted by Crippen LogP contribution is 2.40. The van der Waals surface area contributed by atoms with Crippen LogP contribution in [0.25, 0.3) is 0 Å². The van der Waals surface area contributed by atoms with Gasteiger partial charge in [-0.3, -0.25) is 4.79 Å². The number of hydrogen-bond acceptors (Lipinski definition) is 3. The number of nitrogen functional groups attached to an aromatic ring is 1. The molecule has 1 amide bonds. The molecule has 2 aromatic rings. The van der Waals surface area contributed by atoms with Crippen LogP contribution < -0.4 is 15.8 Å². The van der Waals surface area contributed by atoms with Gasteiger partial charge < -0.3 is 20.4 Å². The zero-order valence-corrected chi connectivity index (χ0v) is 14.1. The Morgan fingerprint density at radius 3 is 2.83 bits per heavy atom. The molecule has 1 aromatic heterocycles. The Kier molecular flexibility index (Phi) is 3.76. The molecule has 1 aromatic carbocycles. The van der Waals surface area contributed by atoms with Gasteiger partial charge >= 0.3 is 0 Å². The van der Waals surface area contributed by atoms with Crippen LogP contribution in [0.5, 0.6) is 5.75 Å². The van der Waals surface area contributed by atoms with Gasteiger partial charge in [-0.05, 0) is 38.1 Å². The van der Waals surface area contributed by atoms with Crippen molar-refractivity contribution in [2.24, 2.45) is 7.05 Å². The van der Waals surface area contributed by atoms with E-state index in [0.29, 0.717) is 22.8 Å². The lowest BCUT2D eigenvalue weighted by Gasteiger charge is -2.38. The van der Waals surface area contributed by atoms with Crippen LogP contribution in [0.15, 0.2) is 30.5 Å². The zero-order valence-electron chi connectivity index (χ0n) is 13.4. The number of hydrogen-bond donors (Lipinski definition) is 2. The fourth-order valence-electron chi connectivity index (χ4n) is 2.98. The summed E-state index contributed by atoms with van der Waals surface area (Å²) in [6.07, 6.45) is 2.36. The number of halogens is 1. The topological polar surface area (TPSA) is 69.3 Å². The summed E-state index contributed by atoms with van der Waals surface area (Å²) in [6.45, 7) is 4.01. The third-order valence-electron chi connectivity index (χ3n) is 4.00. The van der Waals surface area contributed by atoms with Crippen molar-refractivity contribution in [3.63, 3.8) is 0 Å². The number of amides is 1. The first-order valence-electron chi connectivity index (χ1n) is 7.46. The second-order valence-electron chi connectivity index (χ2n) is 6.54. The lowest BCUT2D eigenvalue weighted by atomic mass is 9.89. The number of anilines is 1. The first-order chi connectivity index (χ1) is 10.7. The van der Waals surface area contributed by atoms with Crippen LogP contribution in [0.2, 0.25) is 5.02 Å². The Bertz CT molecular complexity index is 767. The molecule has 0 fully saturated rings. The van der Waals surface area contributed by atoms with E-state index in [2.05, 4.69) is 5.32 Å². The largest absolute Gasteiger partial charge is 0.487 e. The lowest BCUT2D eigenvalue weighted by molar-refractivity contribution is 0.0617. The summed E-state index contributed by atoms with van der Waals surface area (Å²) in [5, 5.41) is 3.61. The number of nitrogens with one attached hydrogen (secondary N) is 1. The fourth-order valence-corrected chi connectivity index (χ4v) is 3.23. The molecule has 3 N–H and O–H groups in total. The van der Waals surface area contributed by atoms with Crippen molar-refractivity contribution in [1.29, 1.82) is 0 Å². The van der Waals surface area contributed by atoms with Crippen molar-refractivity contribution in [2.75, 3.05) is 5.73 Å². The Labute approximate surface area is 140 Å². The van der Waals surface area contributed by atoms with Crippen molar-refractivity contribution < 1.29 is 9.53 Å². The minimum atomic E-state index is -0.368. The number of carbonyl (C=O) groups is 1. The van der Waals surface area contributed by atoms with E-state index in [0.717, 1.165) is 11.3 Å². The molecule has 0 bridgehead atoms. The summed E-state index contributed by atoms with van der Waals surface area (Å²) in [5.74, 6) is 0.584. The van der Waals surface area contributed by atoms with E-state index in [4.69, 9.17) is 22.1 Å². The van der Waals surface area contributed by atoms with Crippen LogP contribution >= 0.6 is 11.6 Å². The molecule has 1 atom stereocenters. The van der Waals surface area contributed by atoms with Gasteiger partial charge in [0.1, 0.15) is 17.0 Å². The normalized spacial score (nSPS) is 18.9. The highest BCUT2D eigenvalue weighted by Gasteiger charge is 2.35. The van der Waals surface area contributed by atoms with E-state index in [-0.39, 0.29) is 17.6 Å². The minimum Gasteiger partial charge on any atom is -0.487 e. The van der Waals surface area contributed by atoms with Crippen molar-refractivity contribution in [3.05, 3.63) is 46.7 Å². The van der Waals surface area contributed by atoms with Crippen LogP contribution in [-0.4, -0.2) is 16.1 Å². The number of aryl methyl sites for hydroxylation is 1. The Hall–Kier alpha value is -2.14. The van der Waals surface area contributed by atoms with Crippen molar-refractivity contribution in [1.82, 2.24) is 9.88 Å². The number of carbonyl (C=O) groups excluding carboxylic acids is 1. The maximum atomic E-state index is 12.6. The summed E-state index contributed by atoms with van der Waals surface area (Å²) in [6, 6.07) is 6.99. The summed E-state index contributed by atoms with van der Waals surface area (Å²) >= 11 is 5.96. The quantitative estimate of drug-likeness (QED) is 0.828. The molecule has 1 aliphatic heterocycles. The molecule has 5 nitrogen and oxygen atoms in total. The molecule has 23 heavy (non-hydrogen) atoms. The van der Waals surface area contributed by atoms with Gasteiger partial charge in [0.05, 0.1) is 11.1 Å². The highest BCUT2D eigenvalue weighted by molar-refractivity contribution is 6.31. The van der Waals surface area contributed by atoms with Crippen LogP contribution in [-0.2, 0) is 7.05 Å². The standard InChI is InChI=1S/C17H20ClN3O2/c1-17(2)8-13(12-7-11(19)4-5-15(12)23-17)20-16(22)14-6-10(18)9-21(14)3/h4-7,9,13H,8,19H2,1-3H3,(H,20,22). The van der Waals surface area contributed by atoms with Crippen LogP contribution in [0.1, 0.15) is 42.4 Å². The molecular formula is C17H20ClN3O2. The van der Waals surface area contributed by atoms with Gasteiger partial charge in [-0.2, -0.15) is 0 Å². The van der Waals surface area contributed by atoms with Gasteiger partial charge in [0, 0.05) is 30.9 Å². The monoisotopic (exact) mass is 333 g/mol. The Morgan fingerprint density at radius 1 is 1.43 bits per heavy atom. The summed E-state index contributed by atoms with van der Waals surface area (Å²) < 4.78 is 7.70. The van der Waals surface area contributed by atoms with Crippen LogP contribution in [0.3, 0.4) is 0 Å². The number of rotatable bonds is 2. The van der Waals surface area contributed by atoms with Gasteiger partial charge in [0.2, 0.25) is 0 Å². The van der Waals surface area contributed by atoms with E-state index >= 15 is 0 Å². The molecule has 0 saturated carbocycles. The zero-order chi connectivity index (χ0) is 16.8. The van der Waals surface area contributed by atoms with Gasteiger partial charge in [-0.25, -0.2) is 0 Å². The molecule has 1 unspecified atom stereocenters. The number of fused-ring (bicyclic) bond motifs is 1. The Balaban J connectivity index is 1.92. The van der Waals surface area contributed by atoms with E-state index in [9.17, 15) is 4.79 Å². The van der Waals surface area contributed by atoms with Gasteiger partial charge in [-0.1, -0.05) is 11.6 Å². The third kappa shape index (κ3) is 3.15. The molecule has 0 radical (unpaired) electrons. The molecule has 122 valence electrons. The van der Waals surface area contributed by atoms with Crippen molar-refractivity contribution in [3.8, 4) is 5.75 Å². The molecule has 3 rings (SSSR count). The molecule has 0 saturated heterocycles. The maximum Gasteiger partial charge on any atom is 0.268 e. The predicted octanol–water partition coefficient (Wildman–Crippen LogP) is 3.29. The van der Waals surface area contributed by atoms with Crippen LogP contribution in [0, 0.1) is 0 Å². The SMILES string of the molecule is Cn1cc(Cl)cc1C(=O)NC1CC(C)(C)Oc2ccc(N)cc21. The smallest absolute Gasteiger partial charge is 0.268 e. The molecular weight excluding hydrogens is 314 g/mol. The number of nitrogens with two attached hydrogens (primary N) is 1. The molecule has 6 heteroatoms. The Morgan fingerprint density at radius 2 is 2.17 bits per heavy atom. The van der Waals surface area contributed by atoms with E-state index in [1.807, 2.05) is 26.0 Å². The number of ether oxygens (including phenoxy) is 1. The predicted molar refractivity (Wildman–Crippen MR) is 90.8 cm³/mol.